The topological polar surface area (TPSA) is 66.5 Å². The summed E-state index contributed by atoms with van der Waals surface area (Å²) in [6, 6.07) is 5.96. The molecule has 0 atom stereocenters. The number of amidine groups is 1. The number of rotatable bonds is 2. The van der Waals surface area contributed by atoms with Crippen LogP contribution < -0.4 is 11.2 Å². The third-order valence-electron chi connectivity index (χ3n) is 2.32. The number of hydrogen-bond acceptors (Lipinski definition) is 5. The number of nitrogens with two attached hydrogens (primary N) is 1. The molecule has 3 N–H and O–H groups in total. The zero-order valence-corrected chi connectivity index (χ0v) is 8.94. The van der Waals surface area contributed by atoms with Crippen molar-refractivity contribution in [3.05, 3.63) is 23.9 Å². The minimum absolute atomic E-state index is 0.391. The second-order valence-corrected chi connectivity index (χ2v) is 3.76. The lowest BCUT2D eigenvalue weighted by atomic mass is 10.2. The quantitative estimate of drug-likeness (QED) is 0.742. The first-order valence-corrected chi connectivity index (χ1v) is 4.98. The molecule has 0 saturated heterocycles. The summed E-state index contributed by atoms with van der Waals surface area (Å²) >= 11 is 0. The largest absolute Gasteiger partial charge is 0.384 e. The van der Waals surface area contributed by atoms with Crippen molar-refractivity contribution in [2.45, 2.75) is 19.9 Å². The molecule has 0 aromatic carbocycles. The fraction of sp³-hybridized carbons (Fsp3) is 0.400. The van der Waals surface area contributed by atoms with Crippen LogP contribution in [0.15, 0.2) is 23.3 Å². The standard InChI is InChI=1S/C10H15N5/c1-7(2)15-6-12-14-10(15)8-4-3-5-9(11)13-8/h3-5,7,12H,6H2,1-2H3,(H2,11,13). The van der Waals surface area contributed by atoms with E-state index in [0.717, 1.165) is 18.2 Å². The van der Waals surface area contributed by atoms with Gasteiger partial charge in [-0.15, -0.1) is 0 Å². The maximum atomic E-state index is 5.64. The van der Waals surface area contributed by atoms with Gasteiger partial charge in [0.1, 0.15) is 18.2 Å². The zero-order valence-electron chi connectivity index (χ0n) is 8.94. The maximum absolute atomic E-state index is 5.64. The van der Waals surface area contributed by atoms with Gasteiger partial charge in [0.25, 0.3) is 0 Å². The van der Waals surface area contributed by atoms with E-state index in [-0.39, 0.29) is 0 Å². The van der Waals surface area contributed by atoms with Crippen LogP contribution in [0.1, 0.15) is 19.5 Å². The van der Waals surface area contributed by atoms with Crippen molar-refractivity contribution in [3.63, 3.8) is 0 Å². The first-order valence-electron chi connectivity index (χ1n) is 4.98. The van der Waals surface area contributed by atoms with Gasteiger partial charge in [0.05, 0.1) is 0 Å². The van der Waals surface area contributed by atoms with Crippen LogP contribution in [0, 0.1) is 0 Å². The minimum Gasteiger partial charge on any atom is -0.384 e. The van der Waals surface area contributed by atoms with Crippen molar-refractivity contribution in [2.75, 3.05) is 12.4 Å². The van der Waals surface area contributed by atoms with Crippen molar-refractivity contribution in [3.8, 4) is 0 Å². The number of anilines is 1. The molecule has 1 aliphatic heterocycles. The van der Waals surface area contributed by atoms with Crippen molar-refractivity contribution in [1.29, 1.82) is 0 Å². The maximum Gasteiger partial charge on any atom is 0.176 e. The van der Waals surface area contributed by atoms with Gasteiger partial charge >= 0.3 is 0 Å². The van der Waals surface area contributed by atoms with E-state index in [1.165, 1.54) is 0 Å². The van der Waals surface area contributed by atoms with E-state index in [2.05, 4.69) is 34.3 Å². The second-order valence-electron chi connectivity index (χ2n) is 3.76. The zero-order chi connectivity index (χ0) is 10.8. The van der Waals surface area contributed by atoms with Crippen LogP contribution in [0.3, 0.4) is 0 Å². The first kappa shape index (κ1) is 9.76. The minimum atomic E-state index is 0.391. The molecule has 1 aromatic heterocycles. The molecule has 0 radical (unpaired) electrons. The van der Waals surface area contributed by atoms with Gasteiger partial charge in [0.2, 0.25) is 0 Å². The van der Waals surface area contributed by atoms with Gasteiger partial charge in [0, 0.05) is 6.04 Å². The lowest BCUT2D eigenvalue weighted by molar-refractivity contribution is 0.357. The smallest absolute Gasteiger partial charge is 0.176 e. The summed E-state index contributed by atoms with van der Waals surface area (Å²) in [5, 5.41) is 4.22. The van der Waals surface area contributed by atoms with E-state index in [1.54, 1.807) is 6.07 Å². The molecule has 0 spiro atoms. The summed E-state index contributed by atoms with van der Waals surface area (Å²) in [5.41, 5.74) is 9.41. The van der Waals surface area contributed by atoms with E-state index in [1.807, 2.05) is 12.1 Å². The lowest BCUT2D eigenvalue weighted by Gasteiger charge is -2.22. The van der Waals surface area contributed by atoms with Crippen molar-refractivity contribution >= 4 is 11.7 Å². The number of nitrogen functional groups attached to an aromatic ring is 1. The molecule has 0 amide bonds. The Morgan fingerprint density at radius 1 is 1.47 bits per heavy atom. The van der Waals surface area contributed by atoms with Crippen LogP contribution in [0.4, 0.5) is 5.82 Å². The van der Waals surface area contributed by atoms with Gasteiger partial charge in [-0.05, 0) is 26.0 Å². The molecule has 15 heavy (non-hydrogen) atoms. The third-order valence-corrected chi connectivity index (χ3v) is 2.32. The van der Waals surface area contributed by atoms with Crippen molar-refractivity contribution in [1.82, 2.24) is 15.3 Å². The van der Waals surface area contributed by atoms with Crippen molar-refractivity contribution in [2.24, 2.45) is 5.10 Å². The molecular weight excluding hydrogens is 190 g/mol. The molecule has 1 aliphatic rings. The molecule has 0 aliphatic carbocycles. The van der Waals surface area contributed by atoms with E-state index in [4.69, 9.17) is 5.73 Å². The molecule has 0 saturated carbocycles. The number of aromatic nitrogens is 1. The molecule has 80 valence electrons. The fourth-order valence-corrected chi connectivity index (χ4v) is 1.53. The van der Waals surface area contributed by atoms with E-state index >= 15 is 0 Å². The van der Waals surface area contributed by atoms with Gasteiger partial charge in [-0.3, -0.25) is 5.43 Å². The lowest BCUT2D eigenvalue weighted by Crippen LogP contribution is -2.36. The highest BCUT2D eigenvalue weighted by atomic mass is 15.5. The first-order chi connectivity index (χ1) is 7.18. The van der Waals surface area contributed by atoms with Crippen LogP contribution in [0.25, 0.3) is 0 Å². The fourth-order valence-electron chi connectivity index (χ4n) is 1.53. The number of hydrogen-bond donors (Lipinski definition) is 2. The van der Waals surface area contributed by atoms with Gasteiger partial charge in [-0.1, -0.05) is 6.07 Å². The molecule has 2 heterocycles. The Kier molecular flexibility index (Phi) is 2.45. The Balaban J connectivity index is 2.31. The summed E-state index contributed by atoms with van der Waals surface area (Å²) in [6.07, 6.45) is 0. The summed E-state index contributed by atoms with van der Waals surface area (Å²) in [4.78, 5) is 6.39. The van der Waals surface area contributed by atoms with Gasteiger partial charge in [0.15, 0.2) is 5.84 Å². The van der Waals surface area contributed by atoms with Crippen LogP contribution in [0.2, 0.25) is 0 Å². The van der Waals surface area contributed by atoms with Gasteiger partial charge in [-0.2, -0.15) is 5.10 Å². The second kappa shape index (κ2) is 3.76. The Labute approximate surface area is 89.0 Å². The highest BCUT2D eigenvalue weighted by Gasteiger charge is 2.21. The summed E-state index contributed by atoms with van der Waals surface area (Å²) in [5.74, 6) is 1.38. The number of nitrogens with one attached hydrogen (secondary N) is 1. The number of nitrogens with zero attached hydrogens (tertiary/aromatic N) is 3. The van der Waals surface area contributed by atoms with Crippen molar-refractivity contribution < 1.29 is 0 Å². The Hall–Kier alpha value is -1.78. The Morgan fingerprint density at radius 2 is 2.27 bits per heavy atom. The molecule has 1 aromatic rings. The van der Waals surface area contributed by atoms with Crippen LogP contribution >= 0.6 is 0 Å². The third kappa shape index (κ3) is 1.86. The van der Waals surface area contributed by atoms with E-state index < -0.39 is 0 Å². The van der Waals surface area contributed by atoms with Crippen LogP contribution in [-0.4, -0.2) is 28.4 Å². The number of pyridine rings is 1. The Morgan fingerprint density at radius 3 is 2.93 bits per heavy atom. The van der Waals surface area contributed by atoms with E-state index in [9.17, 15) is 0 Å². The molecule has 0 unspecified atom stereocenters. The molecule has 0 fully saturated rings. The molecule has 5 nitrogen and oxygen atoms in total. The van der Waals surface area contributed by atoms with Gasteiger partial charge in [-0.25, -0.2) is 4.98 Å². The molecular formula is C10H15N5. The highest BCUT2D eigenvalue weighted by molar-refractivity contribution is 5.98. The molecule has 5 heteroatoms. The van der Waals surface area contributed by atoms with Crippen LogP contribution in [-0.2, 0) is 0 Å². The monoisotopic (exact) mass is 205 g/mol. The number of hydrazone groups is 1. The summed E-state index contributed by atoms with van der Waals surface area (Å²) in [6.45, 7) is 4.97. The molecule has 0 bridgehead atoms. The SMILES string of the molecule is CC(C)N1CNN=C1c1cccc(N)n1. The average molecular weight is 205 g/mol. The predicted octanol–water partition coefficient (Wildman–Crippen LogP) is 0.597. The normalized spacial score (nSPS) is 15.4. The Bertz CT molecular complexity index is 385. The summed E-state index contributed by atoms with van der Waals surface area (Å²) < 4.78 is 0. The summed E-state index contributed by atoms with van der Waals surface area (Å²) in [7, 11) is 0. The molecule has 2 rings (SSSR count). The highest BCUT2D eigenvalue weighted by Crippen LogP contribution is 2.11. The van der Waals surface area contributed by atoms with E-state index in [0.29, 0.717) is 11.9 Å². The predicted molar refractivity (Wildman–Crippen MR) is 60.2 cm³/mol. The van der Waals surface area contributed by atoms with Gasteiger partial charge < -0.3 is 10.6 Å². The average Bonchev–Trinajstić information content (AvgIpc) is 2.65. The van der Waals surface area contributed by atoms with Crippen LogP contribution in [0.5, 0.6) is 0 Å².